The first kappa shape index (κ1) is 16.5. The molecular weight excluding hydrogens is 284 g/mol. The van der Waals surface area contributed by atoms with Crippen LogP contribution in [0.15, 0.2) is 30.3 Å². The smallest absolute Gasteiger partial charge is 0.223 e. The Morgan fingerprint density at radius 2 is 1.91 bits per heavy atom. The van der Waals surface area contributed by atoms with Crippen LogP contribution in [0.5, 0.6) is 0 Å². The number of hydrogen-bond acceptors (Lipinski definition) is 2. The number of benzene rings is 1. The number of carbonyl (C=O) groups is 1. The van der Waals surface area contributed by atoms with E-state index in [2.05, 4.69) is 47.5 Å². The van der Waals surface area contributed by atoms with Crippen molar-refractivity contribution in [3.05, 3.63) is 35.9 Å². The zero-order valence-corrected chi connectivity index (χ0v) is 14.4. The molecule has 0 aliphatic carbocycles. The number of carbonyl (C=O) groups excluding carboxylic acids is 1. The summed E-state index contributed by atoms with van der Waals surface area (Å²) in [5.41, 5.74) is 1.66. The second-order valence-corrected chi connectivity index (χ2v) is 7.36. The van der Waals surface area contributed by atoms with E-state index in [1.807, 2.05) is 0 Å². The molecule has 0 aromatic heterocycles. The molecule has 1 aromatic rings. The van der Waals surface area contributed by atoms with E-state index >= 15 is 0 Å². The van der Waals surface area contributed by atoms with Gasteiger partial charge in [0.25, 0.3) is 0 Å². The number of amides is 1. The maximum Gasteiger partial charge on any atom is 0.223 e. The summed E-state index contributed by atoms with van der Waals surface area (Å²) < 4.78 is 0. The first-order valence-corrected chi connectivity index (χ1v) is 9.27. The van der Waals surface area contributed by atoms with Gasteiger partial charge in [0.05, 0.1) is 0 Å². The average molecular weight is 314 g/mol. The molecule has 3 nitrogen and oxygen atoms in total. The zero-order chi connectivity index (χ0) is 16.1. The zero-order valence-electron chi connectivity index (χ0n) is 14.4. The Labute approximate surface area is 140 Å². The Bertz CT molecular complexity index is 506. The average Bonchev–Trinajstić information content (AvgIpc) is 2.58. The number of nitrogens with one attached hydrogen (secondary N) is 1. The minimum Gasteiger partial charge on any atom is -0.356 e. The second kappa shape index (κ2) is 7.48. The third-order valence-corrected chi connectivity index (χ3v) is 5.93. The number of likely N-dealkylation sites (tertiary alicyclic amines) is 1. The molecule has 126 valence electrons. The van der Waals surface area contributed by atoms with Gasteiger partial charge >= 0.3 is 0 Å². The highest BCUT2D eigenvalue weighted by Crippen LogP contribution is 2.46. The van der Waals surface area contributed by atoms with Gasteiger partial charge in [0, 0.05) is 19.0 Å². The summed E-state index contributed by atoms with van der Waals surface area (Å²) in [4.78, 5) is 15.0. The predicted octanol–water partition coefficient (Wildman–Crippen LogP) is 3.60. The highest BCUT2D eigenvalue weighted by Gasteiger charge is 2.46. The third kappa shape index (κ3) is 3.77. The summed E-state index contributed by atoms with van der Waals surface area (Å²) in [6, 6.07) is 10.7. The van der Waals surface area contributed by atoms with Crippen LogP contribution in [0.4, 0.5) is 0 Å². The lowest BCUT2D eigenvalue weighted by molar-refractivity contribution is -0.135. The molecule has 3 rings (SSSR count). The molecule has 2 heterocycles. The lowest BCUT2D eigenvalue weighted by Crippen LogP contribution is -2.53. The molecule has 1 spiro atoms. The van der Waals surface area contributed by atoms with E-state index in [1.54, 1.807) is 0 Å². The van der Waals surface area contributed by atoms with Crippen LogP contribution in [-0.2, 0) is 11.3 Å². The molecule has 2 saturated heterocycles. The maximum atomic E-state index is 12.4. The molecule has 1 amide bonds. The van der Waals surface area contributed by atoms with Crippen LogP contribution in [0.1, 0.15) is 51.0 Å². The minimum absolute atomic E-state index is 0.245. The molecule has 3 heteroatoms. The van der Waals surface area contributed by atoms with Gasteiger partial charge in [-0.1, -0.05) is 50.1 Å². The lowest BCUT2D eigenvalue weighted by atomic mass is 9.63. The van der Waals surface area contributed by atoms with Crippen LogP contribution >= 0.6 is 0 Å². The van der Waals surface area contributed by atoms with E-state index < -0.39 is 0 Å². The Hall–Kier alpha value is -1.35. The molecule has 0 radical (unpaired) electrons. The van der Waals surface area contributed by atoms with Gasteiger partial charge in [-0.3, -0.25) is 9.69 Å². The van der Waals surface area contributed by atoms with Gasteiger partial charge in [-0.05, 0) is 49.8 Å². The molecule has 2 aliphatic heterocycles. The second-order valence-electron chi connectivity index (χ2n) is 7.36. The molecular formula is C20H30N2O. The Kier molecular flexibility index (Phi) is 5.37. The van der Waals surface area contributed by atoms with E-state index in [4.69, 9.17) is 0 Å². The van der Waals surface area contributed by atoms with E-state index in [9.17, 15) is 4.79 Å². The predicted molar refractivity (Wildman–Crippen MR) is 94.0 cm³/mol. The van der Waals surface area contributed by atoms with Gasteiger partial charge in [-0.15, -0.1) is 0 Å². The first-order valence-electron chi connectivity index (χ1n) is 9.27. The first-order chi connectivity index (χ1) is 11.2. The molecule has 1 atom stereocenters. The summed E-state index contributed by atoms with van der Waals surface area (Å²) >= 11 is 0. The van der Waals surface area contributed by atoms with Gasteiger partial charge in [0.15, 0.2) is 0 Å². The fourth-order valence-corrected chi connectivity index (χ4v) is 4.45. The molecule has 1 aromatic carbocycles. The van der Waals surface area contributed by atoms with Gasteiger partial charge in [-0.2, -0.15) is 0 Å². The van der Waals surface area contributed by atoms with Crippen LogP contribution in [0, 0.1) is 11.3 Å². The van der Waals surface area contributed by atoms with E-state index in [1.165, 1.54) is 37.7 Å². The van der Waals surface area contributed by atoms with Crippen molar-refractivity contribution in [2.75, 3.05) is 19.6 Å². The SMILES string of the molecule is CCCC[C@H]1C(=O)NCCC12CCN(Cc1ccccc1)CC2. The summed E-state index contributed by atoms with van der Waals surface area (Å²) in [6.45, 7) is 6.40. The van der Waals surface area contributed by atoms with Crippen LogP contribution in [0.3, 0.4) is 0 Å². The molecule has 2 aliphatic rings. The van der Waals surface area contributed by atoms with Crippen molar-refractivity contribution in [3.8, 4) is 0 Å². The van der Waals surface area contributed by atoms with Crippen LogP contribution in [0.2, 0.25) is 0 Å². The van der Waals surface area contributed by atoms with Gasteiger partial charge < -0.3 is 5.32 Å². The monoisotopic (exact) mass is 314 g/mol. The summed E-state index contributed by atoms with van der Waals surface area (Å²) in [6.07, 6.45) is 6.96. The molecule has 0 unspecified atom stereocenters. The van der Waals surface area contributed by atoms with Crippen molar-refractivity contribution in [1.29, 1.82) is 0 Å². The molecule has 23 heavy (non-hydrogen) atoms. The Morgan fingerprint density at radius 3 is 2.61 bits per heavy atom. The molecule has 2 fully saturated rings. The minimum atomic E-state index is 0.245. The Morgan fingerprint density at radius 1 is 1.17 bits per heavy atom. The topological polar surface area (TPSA) is 32.3 Å². The van der Waals surface area contributed by atoms with Crippen molar-refractivity contribution in [3.63, 3.8) is 0 Å². The molecule has 0 bridgehead atoms. The number of rotatable bonds is 5. The van der Waals surface area contributed by atoms with Gasteiger partial charge in [0.1, 0.15) is 0 Å². The van der Waals surface area contributed by atoms with E-state index in [0.717, 1.165) is 32.6 Å². The maximum absolute atomic E-state index is 12.4. The van der Waals surface area contributed by atoms with Crippen molar-refractivity contribution in [2.45, 2.75) is 52.0 Å². The fourth-order valence-electron chi connectivity index (χ4n) is 4.45. The van der Waals surface area contributed by atoms with Crippen molar-refractivity contribution in [1.82, 2.24) is 10.2 Å². The van der Waals surface area contributed by atoms with E-state index in [0.29, 0.717) is 5.91 Å². The van der Waals surface area contributed by atoms with Crippen molar-refractivity contribution in [2.24, 2.45) is 11.3 Å². The van der Waals surface area contributed by atoms with Crippen LogP contribution in [-0.4, -0.2) is 30.4 Å². The highest BCUT2D eigenvalue weighted by molar-refractivity contribution is 5.80. The summed E-state index contributed by atoms with van der Waals surface area (Å²) in [7, 11) is 0. The normalized spacial score (nSPS) is 24.6. The quantitative estimate of drug-likeness (QED) is 0.900. The Balaban J connectivity index is 1.62. The number of unbranched alkanes of at least 4 members (excludes halogenated alkanes) is 1. The fraction of sp³-hybridized carbons (Fsp3) is 0.650. The lowest BCUT2D eigenvalue weighted by Gasteiger charge is -2.48. The third-order valence-electron chi connectivity index (χ3n) is 5.93. The van der Waals surface area contributed by atoms with Crippen LogP contribution in [0.25, 0.3) is 0 Å². The molecule has 1 N–H and O–H groups in total. The highest BCUT2D eigenvalue weighted by atomic mass is 16.2. The largest absolute Gasteiger partial charge is 0.356 e. The van der Waals surface area contributed by atoms with Crippen molar-refractivity contribution < 1.29 is 4.79 Å². The van der Waals surface area contributed by atoms with Gasteiger partial charge in [0.2, 0.25) is 5.91 Å². The number of hydrogen-bond donors (Lipinski definition) is 1. The number of piperidine rings is 2. The van der Waals surface area contributed by atoms with Crippen LogP contribution < -0.4 is 5.32 Å². The summed E-state index contributed by atoms with van der Waals surface area (Å²) in [5, 5.41) is 3.11. The molecule has 0 saturated carbocycles. The van der Waals surface area contributed by atoms with Crippen molar-refractivity contribution >= 4 is 5.91 Å². The standard InChI is InChI=1S/C20H30N2O/c1-2-3-9-18-19(23)21-13-10-20(18)11-14-22(15-12-20)16-17-7-5-4-6-8-17/h4-8,18H,2-3,9-16H2,1H3,(H,21,23)/t18-/m0/s1. The van der Waals surface area contributed by atoms with Gasteiger partial charge in [-0.25, -0.2) is 0 Å². The summed E-state index contributed by atoms with van der Waals surface area (Å²) in [5.74, 6) is 0.566. The number of nitrogens with zero attached hydrogens (tertiary/aromatic N) is 1. The van der Waals surface area contributed by atoms with E-state index in [-0.39, 0.29) is 11.3 Å².